The second-order valence-electron chi connectivity index (χ2n) is 8.21. The van der Waals surface area contributed by atoms with Crippen molar-refractivity contribution >= 4 is 11.9 Å². The molecule has 1 aliphatic carbocycles. The van der Waals surface area contributed by atoms with Crippen LogP contribution in [0.4, 0.5) is 0 Å². The molecule has 0 aromatic heterocycles. The standard InChI is InChI=1S/C22H38O4/c1-4-5-6-7-8-9-10-11-12-15-22(17(2)3)16-13-14-18(20(23)24)19(22)21(25)26/h17H,4-16H2,1-3H3,(H,23,24)(H,25,26). The van der Waals surface area contributed by atoms with E-state index in [0.29, 0.717) is 6.42 Å². The Morgan fingerprint density at radius 2 is 1.46 bits per heavy atom. The summed E-state index contributed by atoms with van der Waals surface area (Å²) in [4.78, 5) is 23.5. The molecular weight excluding hydrogens is 328 g/mol. The molecule has 0 radical (unpaired) electrons. The van der Waals surface area contributed by atoms with Crippen LogP contribution >= 0.6 is 0 Å². The van der Waals surface area contributed by atoms with Crippen molar-refractivity contribution in [1.29, 1.82) is 0 Å². The number of hydrogen-bond donors (Lipinski definition) is 2. The van der Waals surface area contributed by atoms with Crippen LogP contribution in [-0.4, -0.2) is 22.2 Å². The van der Waals surface area contributed by atoms with Crippen LogP contribution in [0, 0.1) is 11.3 Å². The molecule has 0 saturated carbocycles. The molecule has 0 spiro atoms. The Kier molecular flexibility index (Phi) is 9.97. The Hall–Kier alpha value is -1.32. The van der Waals surface area contributed by atoms with Gasteiger partial charge in [0.1, 0.15) is 0 Å². The van der Waals surface area contributed by atoms with E-state index >= 15 is 0 Å². The zero-order valence-electron chi connectivity index (χ0n) is 17.0. The molecule has 0 aliphatic heterocycles. The number of unbranched alkanes of at least 4 members (excludes halogenated alkanes) is 8. The Labute approximate surface area is 159 Å². The first-order chi connectivity index (χ1) is 12.4. The van der Waals surface area contributed by atoms with Crippen molar-refractivity contribution in [1.82, 2.24) is 0 Å². The number of aliphatic carboxylic acids is 2. The number of hydrogen-bond acceptors (Lipinski definition) is 2. The van der Waals surface area contributed by atoms with Crippen molar-refractivity contribution < 1.29 is 19.8 Å². The van der Waals surface area contributed by atoms with E-state index in [-0.39, 0.29) is 17.1 Å². The highest BCUT2D eigenvalue weighted by Gasteiger charge is 2.45. The molecule has 1 aliphatic rings. The molecule has 0 heterocycles. The SMILES string of the molecule is CCCCCCCCCCCC1(C(C)C)CCCC(C(=O)O)=C1C(=O)O. The molecule has 0 aromatic rings. The first-order valence-electron chi connectivity index (χ1n) is 10.6. The van der Waals surface area contributed by atoms with Crippen molar-refractivity contribution in [3.05, 3.63) is 11.1 Å². The molecule has 1 atom stereocenters. The minimum absolute atomic E-state index is 0.133. The molecule has 26 heavy (non-hydrogen) atoms. The highest BCUT2D eigenvalue weighted by molar-refractivity contribution is 6.00. The van der Waals surface area contributed by atoms with E-state index in [4.69, 9.17) is 0 Å². The van der Waals surface area contributed by atoms with E-state index in [9.17, 15) is 19.8 Å². The van der Waals surface area contributed by atoms with Gasteiger partial charge in [-0.2, -0.15) is 0 Å². The van der Waals surface area contributed by atoms with Gasteiger partial charge < -0.3 is 10.2 Å². The smallest absolute Gasteiger partial charge is 0.332 e. The topological polar surface area (TPSA) is 74.6 Å². The first-order valence-corrected chi connectivity index (χ1v) is 10.6. The van der Waals surface area contributed by atoms with Gasteiger partial charge >= 0.3 is 11.9 Å². The molecule has 150 valence electrons. The predicted octanol–water partition coefficient (Wildman–Crippen LogP) is 6.20. The first kappa shape index (κ1) is 22.7. The summed E-state index contributed by atoms with van der Waals surface area (Å²) >= 11 is 0. The lowest BCUT2D eigenvalue weighted by atomic mass is 9.61. The third kappa shape index (κ3) is 6.14. The Balaban J connectivity index is 2.65. The summed E-state index contributed by atoms with van der Waals surface area (Å²) in [5, 5.41) is 19.2. The van der Waals surface area contributed by atoms with Gasteiger partial charge in [-0.15, -0.1) is 0 Å². The molecule has 0 bridgehead atoms. The average molecular weight is 367 g/mol. The van der Waals surface area contributed by atoms with Crippen molar-refractivity contribution in [2.24, 2.45) is 11.3 Å². The van der Waals surface area contributed by atoms with Crippen LogP contribution in [0.15, 0.2) is 11.1 Å². The van der Waals surface area contributed by atoms with E-state index in [1.165, 1.54) is 44.9 Å². The summed E-state index contributed by atoms with van der Waals surface area (Å²) in [5.74, 6) is -1.96. The van der Waals surface area contributed by atoms with E-state index < -0.39 is 17.4 Å². The second-order valence-corrected chi connectivity index (χ2v) is 8.21. The van der Waals surface area contributed by atoms with Gasteiger partial charge in [0.25, 0.3) is 0 Å². The zero-order valence-corrected chi connectivity index (χ0v) is 17.0. The summed E-state index contributed by atoms with van der Waals surface area (Å²) in [6.45, 7) is 6.31. The number of carboxylic acid groups (broad SMARTS) is 2. The highest BCUT2D eigenvalue weighted by Crippen LogP contribution is 2.50. The molecule has 2 N–H and O–H groups in total. The summed E-state index contributed by atoms with van der Waals surface area (Å²) in [5.41, 5.74) is -0.168. The molecular formula is C22H38O4. The number of carboxylic acids is 2. The van der Waals surface area contributed by atoms with Crippen LogP contribution in [-0.2, 0) is 9.59 Å². The molecule has 0 amide bonds. The van der Waals surface area contributed by atoms with Crippen molar-refractivity contribution in [3.63, 3.8) is 0 Å². The number of carbonyl (C=O) groups is 2. The van der Waals surface area contributed by atoms with E-state index in [1.807, 2.05) is 13.8 Å². The lowest BCUT2D eigenvalue weighted by Gasteiger charge is -2.42. The minimum Gasteiger partial charge on any atom is -0.478 e. The van der Waals surface area contributed by atoms with E-state index in [2.05, 4.69) is 6.92 Å². The molecule has 4 nitrogen and oxygen atoms in total. The predicted molar refractivity (Wildman–Crippen MR) is 105 cm³/mol. The van der Waals surface area contributed by atoms with Crippen LogP contribution in [0.25, 0.3) is 0 Å². The van der Waals surface area contributed by atoms with Gasteiger partial charge in [-0.3, -0.25) is 0 Å². The highest BCUT2D eigenvalue weighted by atomic mass is 16.4. The lowest BCUT2D eigenvalue weighted by Crippen LogP contribution is -2.38. The summed E-state index contributed by atoms with van der Waals surface area (Å²) in [7, 11) is 0. The van der Waals surface area contributed by atoms with E-state index in [0.717, 1.165) is 32.1 Å². The largest absolute Gasteiger partial charge is 0.478 e. The quantitative estimate of drug-likeness (QED) is 0.381. The van der Waals surface area contributed by atoms with Crippen LogP contribution < -0.4 is 0 Å². The Morgan fingerprint density at radius 3 is 1.92 bits per heavy atom. The molecule has 0 fully saturated rings. The molecule has 1 rings (SSSR count). The second kappa shape index (κ2) is 11.4. The molecule has 0 aromatic carbocycles. The molecule has 4 heteroatoms. The third-order valence-electron chi connectivity index (χ3n) is 6.15. The summed E-state index contributed by atoms with van der Waals surface area (Å²) < 4.78 is 0. The van der Waals surface area contributed by atoms with Gasteiger partial charge in [0.15, 0.2) is 0 Å². The van der Waals surface area contributed by atoms with Crippen molar-refractivity contribution in [2.75, 3.05) is 0 Å². The van der Waals surface area contributed by atoms with Crippen LogP contribution in [0.1, 0.15) is 104 Å². The number of rotatable bonds is 13. The van der Waals surface area contributed by atoms with Gasteiger partial charge in [-0.1, -0.05) is 78.6 Å². The van der Waals surface area contributed by atoms with Crippen LogP contribution in [0.3, 0.4) is 0 Å². The summed E-state index contributed by atoms with van der Waals surface area (Å²) in [6, 6.07) is 0. The zero-order chi connectivity index (χ0) is 19.6. The van der Waals surface area contributed by atoms with Gasteiger partial charge in [-0.05, 0) is 31.6 Å². The maximum absolute atomic E-state index is 11.9. The van der Waals surface area contributed by atoms with Crippen molar-refractivity contribution in [3.8, 4) is 0 Å². The fourth-order valence-electron chi connectivity index (χ4n) is 4.55. The van der Waals surface area contributed by atoms with Gasteiger partial charge in [-0.25, -0.2) is 9.59 Å². The van der Waals surface area contributed by atoms with Gasteiger partial charge in [0.05, 0.1) is 5.57 Å². The lowest BCUT2D eigenvalue weighted by molar-refractivity contribution is -0.138. The molecule has 0 saturated heterocycles. The Bertz CT molecular complexity index is 492. The monoisotopic (exact) mass is 366 g/mol. The average Bonchev–Trinajstić information content (AvgIpc) is 2.59. The normalized spacial score (nSPS) is 20.6. The third-order valence-corrected chi connectivity index (χ3v) is 6.15. The Morgan fingerprint density at radius 1 is 0.923 bits per heavy atom. The maximum Gasteiger partial charge on any atom is 0.332 e. The van der Waals surface area contributed by atoms with Gasteiger partial charge in [0.2, 0.25) is 0 Å². The van der Waals surface area contributed by atoms with E-state index in [1.54, 1.807) is 0 Å². The summed E-state index contributed by atoms with van der Waals surface area (Å²) in [6.07, 6.45) is 13.8. The van der Waals surface area contributed by atoms with Crippen LogP contribution in [0.5, 0.6) is 0 Å². The minimum atomic E-state index is -1.06. The van der Waals surface area contributed by atoms with Gasteiger partial charge in [0, 0.05) is 11.0 Å². The fourth-order valence-corrected chi connectivity index (χ4v) is 4.55. The molecule has 1 unspecified atom stereocenters. The fraction of sp³-hybridized carbons (Fsp3) is 0.818. The van der Waals surface area contributed by atoms with Crippen molar-refractivity contribution in [2.45, 2.75) is 104 Å². The van der Waals surface area contributed by atoms with Crippen LogP contribution in [0.2, 0.25) is 0 Å². The maximum atomic E-state index is 11.9.